The van der Waals surface area contributed by atoms with Gasteiger partial charge in [-0.05, 0) is 31.6 Å². The van der Waals surface area contributed by atoms with Crippen molar-refractivity contribution in [2.45, 2.75) is 51.2 Å². The summed E-state index contributed by atoms with van der Waals surface area (Å²) in [6, 6.07) is 0.149. The zero-order chi connectivity index (χ0) is 12.3. The van der Waals surface area contributed by atoms with Crippen molar-refractivity contribution >= 4 is 5.91 Å². The van der Waals surface area contributed by atoms with E-state index < -0.39 is 0 Å². The summed E-state index contributed by atoms with van der Waals surface area (Å²) >= 11 is 0. The Morgan fingerprint density at radius 2 is 2.35 bits per heavy atom. The topological polar surface area (TPSA) is 55.6 Å². The Morgan fingerprint density at radius 3 is 3.06 bits per heavy atom. The van der Waals surface area contributed by atoms with Gasteiger partial charge < -0.3 is 15.4 Å². The van der Waals surface area contributed by atoms with Crippen LogP contribution in [0.3, 0.4) is 0 Å². The molecule has 2 fully saturated rings. The lowest BCUT2D eigenvalue weighted by Crippen LogP contribution is -2.50. The molecule has 1 amide bonds. The van der Waals surface area contributed by atoms with Gasteiger partial charge in [0.25, 0.3) is 0 Å². The molecule has 0 radical (unpaired) electrons. The molecule has 3 atom stereocenters. The highest BCUT2D eigenvalue weighted by Crippen LogP contribution is 2.20. The fourth-order valence-corrected chi connectivity index (χ4v) is 2.69. The number of nitrogens with zero attached hydrogens (tertiary/aromatic N) is 1. The van der Waals surface area contributed by atoms with Gasteiger partial charge in [0.2, 0.25) is 5.91 Å². The molecule has 0 saturated carbocycles. The van der Waals surface area contributed by atoms with Gasteiger partial charge in [-0.3, -0.25) is 4.79 Å². The van der Waals surface area contributed by atoms with Crippen LogP contribution in [0.5, 0.6) is 0 Å². The molecule has 17 heavy (non-hydrogen) atoms. The number of likely N-dealkylation sites (tertiary alicyclic amines) is 1. The van der Waals surface area contributed by atoms with E-state index in [9.17, 15) is 4.79 Å². The number of amides is 1. The molecule has 0 aromatic carbocycles. The summed E-state index contributed by atoms with van der Waals surface area (Å²) in [5, 5.41) is 0. The predicted octanol–water partition coefficient (Wildman–Crippen LogP) is 1.14. The molecule has 2 aliphatic rings. The third-order valence-corrected chi connectivity index (χ3v) is 3.99. The second-order valence-corrected chi connectivity index (χ2v) is 5.46. The lowest BCUT2D eigenvalue weighted by atomic mass is 9.93. The number of nitrogens with two attached hydrogens (primary N) is 1. The van der Waals surface area contributed by atoms with Crippen molar-refractivity contribution in [2.24, 2.45) is 11.7 Å². The van der Waals surface area contributed by atoms with Crippen LogP contribution in [-0.4, -0.2) is 42.6 Å². The first-order valence-electron chi connectivity index (χ1n) is 6.82. The number of carbonyl (C=O) groups is 1. The fourth-order valence-electron chi connectivity index (χ4n) is 2.69. The maximum atomic E-state index is 11.8. The maximum absolute atomic E-state index is 11.8. The van der Waals surface area contributed by atoms with Crippen molar-refractivity contribution in [2.75, 3.05) is 19.7 Å². The summed E-state index contributed by atoms with van der Waals surface area (Å²) in [6.45, 7) is 4.55. The third kappa shape index (κ3) is 3.42. The van der Waals surface area contributed by atoms with Crippen LogP contribution in [0.2, 0.25) is 0 Å². The summed E-state index contributed by atoms with van der Waals surface area (Å²) < 4.78 is 5.58. The van der Waals surface area contributed by atoms with Crippen LogP contribution in [0.4, 0.5) is 0 Å². The minimum absolute atomic E-state index is 0.149. The van der Waals surface area contributed by atoms with E-state index >= 15 is 0 Å². The smallest absolute Gasteiger partial charge is 0.222 e. The standard InChI is InChI=1S/C13H24N2O2/c1-10-8-13(16)15(9-12(10)14)6-2-4-11-5-3-7-17-11/h10-12H,2-9,14H2,1H3. The van der Waals surface area contributed by atoms with Gasteiger partial charge in [-0.15, -0.1) is 0 Å². The van der Waals surface area contributed by atoms with Gasteiger partial charge in [0, 0.05) is 32.2 Å². The number of hydrogen-bond donors (Lipinski definition) is 1. The molecule has 0 aromatic heterocycles. The maximum Gasteiger partial charge on any atom is 0.222 e. The summed E-state index contributed by atoms with van der Waals surface area (Å²) in [7, 11) is 0. The Bertz CT molecular complexity index is 264. The molecule has 4 nitrogen and oxygen atoms in total. The van der Waals surface area contributed by atoms with Crippen LogP contribution in [0.15, 0.2) is 0 Å². The Kier molecular flexibility index (Phi) is 4.40. The van der Waals surface area contributed by atoms with Crippen LogP contribution >= 0.6 is 0 Å². The van der Waals surface area contributed by atoms with E-state index in [2.05, 4.69) is 6.92 Å². The van der Waals surface area contributed by atoms with Crippen LogP contribution in [-0.2, 0) is 9.53 Å². The quantitative estimate of drug-likeness (QED) is 0.801. The molecule has 0 aliphatic carbocycles. The molecule has 2 aliphatic heterocycles. The monoisotopic (exact) mass is 240 g/mol. The normalized spacial score (nSPS) is 34.4. The Hall–Kier alpha value is -0.610. The van der Waals surface area contributed by atoms with Gasteiger partial charge >= 0.3 is 0 Å². The molecular formula is C13H24N2O2. The fraction of sp³-hybridized carbons (Fsp3) is 0.923. The Balaban J connectivity index is 1.69. The number of carbonyl (C=O) groups excluding carboxylic acids is 1. The number of hydrogen-bond acceptors (Lipinski definition) is 3. The highest BCUT2D eigenvalue weighted by atomic mass is 16.5. The third-order valence-electron chi connectivity index (χ3n) is 3.99. The minimum Gasteiger partial charge on any atom is -0.378 e. The van der Waals surface area contributed by atoms with Crippen LogP contribution in [0.25, 0.3) is 0 Å². The van der Waals surface area contributed by atoms with E-state index in [0.717, 1.165) is 32.5 Å². The second kappa shape index (κ2) is 5.83. The molecule has 3 unspecified atom stereocenters. The summed E-state index contributed by atoms with van der Waals surface area (Å²) in [5.74, 6) is 0.600. The van der Waals surface area contributed by atoms with Crippen LogP contribution in [0, 0.1) is 5.92 Å². The van der Waals surface area contributed by atoms with Gasteiger partial charge in [0.15, 0.2) is 0 Å². The summed E-state index contributed by atoms with van der Waals surface area (Å²) in [6.07, 6.45) is 5.54. The largest absolute Gasteiger partial charge is 0.378 e. The van der Waals surface area contributed by atoms with E-state index in [-0.39, 0.29) is 11.9 Å². The van der Waals surface area contributed by atoms with Gasteiger partial charge in [0.1, 0.15) is 0 Å². The molecule has 2 heterocycles. The zero-order valence-corrected chi connectivity index (χ0v) is 10.7. The average Bonchev–Trinajstić information content (AvgIpc) is 2.78. The van der Waals surface area contributed by atoms with E-state index in [4.69, 9.17) is 10.5 Å². The molecule has 2 N–H and O–H groups in total. The first-order chi connectivity index (χ1) is 8.16. The number of rotatable bonds is 4. The highest BCUT2D eigenvalue weighted by Gasteiger charge is 2.28. The Labute approximate surface area is 103 Å². The van der Waals surface area contributed by atoms with Gasteiger partial charge in [-0.2, -0.15) is 0 Å². The number of ether oxygens (including phenoxy) is 1. The molecule has 0 aromatic rings. The number of piperidine rings is 1. The molecule has 0 bridgehead atoms. The molecule has 2 rings (SSSR count). The van der Waals surface area contributed by atoms with Crippen LogP contribution in [0.1, 0.15) is 39.0 Å². The first kappa shape index (κ1) is 12.8. The van der Waals surface area contributed by atoms with Crippen molar-refractivity contribution < 1.29 is 9.53 Å². The van der Waals surface area contributed by atoms with E-state index in [1.807, 2.05) is 4.90 Å². The lowest BCUT2D eigenvalue weighted by molar-refractivity contribution is -0.135. The molecule has 2 saturated heterocycles. The van der Waals surface area contributed by atoms with Gasteiger partial charge in [-0.25, -0.2) is 0 Å². The summed E-state index contributed by atoms with van der Waals surface area (Å²) in [4.78, 5) is 13.7. The van der Waals surface area contributed by atoms with Crippen LogP contribution < -0.4 is 5.73 Å². The van der Waals surface area contributed by atoms with Crippen molar-refractivity contribution in [3.05, 3.63) is 0 Å². The molecular weight excluding hydrogens is 216 g/mol. The second-order valence-electron chi connectivity index (χ2n) is 5.46. The highest BCUT2D eigenvalue weighted by molar-refractivity contribution is 5.77. The molecule has 98 valence electrons. The Morgan fingerprint density at radius 1 is 1.53 bits per heavy atom. The van der Waals surface area contributed by atoms with Crippen molar-refractivity contribution in [3.63, 3.8) is 0 Å². The minimum atomic E-state index is 0.149. The van der Waals surface area contributed by atoms with E-state index in [1.54, 1.807) is 0 Å². The lowest BCUT2D eigenvalue weighted by Gasteiger charge is -2.35. The SMILES string of the molecule is CC1CC(=O)N(CCCC2CCCO2)CC1N. The van der Waals surface area contributed by atoms with Crippen molar-refractivity contribution in [3.8, 4) is 0 Å². The van der Waals surface area contributed by atoms with Gasteiger partial charge in [-0.1, -0.05) is 6.92 Å². The summed E-state index contributed by atoms with van der Waals surface area (Å²) in [5.41, 5.74) is 6.01. The van der Waals surface area contributed by atoms with E-state index in [1.165, 1.54) is 12.8 Å². The zero-order valence-electron chi connectivity index (χ0n) is 10.7. The average molecular weight is 240 g/mol. The van der Waals surface area contributed by atoms with Crippen molar-refractivity contribution in [1.29, 1.82) is 0 Å². The predicted molar refractivity (Wildman–Crippen MR) is 66.5 cm³/mol. The van der Waals surface area contributed by atoms with E-state index in [0.29, 0.717) is 18.4 Å². The molecule has 4 heteroatoms. The van der Waals surface area contributed by atoms with Crippen molar-refractivity contribution in [1.82, 2.24) is 4.90 Å². The van der Waals surface area contributed by atoms with Gasteiger partial charge in [0.05, 0.1) is 6.10 Å². The first-order valence-corrected chi connectivity index (χ1v) is 6.82. The molecule has 0 spiro atoms.